The van der Waals surface area contributed by atoms with Crippen LogP contribution in [0.5, 0.6) is 11.5 Å². The number of nitro benzene ring substituents is 1. The molecule has 2 aromatic carbocycles. The third-order valence-electron chi connectivity index (χ3n) is 9.78. The molecule has 0 spiro atoms. The van der Waals surface area contributed by atoms with E-state index in [0.29, 0.717) is 50.0 Å². The second-order valence-corrected chi connectivity index (χ2v) is 14.9. The van der Waals surface area contributed by atoms with E-state index in [2.05, 4.69) is 20.2 Å². The monoisotopic (exact) mass is 761 g/mol. The summed E-state index contributed by atoms with van der Waals surface area (Å²) in [5, 5.41) is 25.3. The van der Waals surface area contributed by atoms with E-state index in [9.17, 15) is 33.2 Å². The molecule has 3 aliphatic heterocycles. The molecule has 17 nitrogen and oxygen atoms in total. The number of ether oxygens (including phenoxy) is 3. The number of sulfonamides is 1. The lowest BCUT2D eigenvalue weighted by Gasteiger charge is -2.39. The van der Waals surface area contributed by atoms with Crippen LogP contribution >= 0.6 is 0 Å². The van der Waals surface area contributed by atoms with Crippen molar-refractivity contribution in [2.45, 2.75) is 36.3 Å². The van der Waals surface area contributed by atoms with E-state index in [0.717, 1.165) is 36.4 Å². The smallest absolute Gasteiger partial charge is 0.407 e. The van der Waals surface area contributed by atoms with Crippen molar-refractivity contribution in [3.8, 4) is 11.5 Å². The van der Waals surface area contributed by atoms with E-state index in [1.807, 2.05) is 4.72 Å². The molecule has 4 aromatic rings. The predicted molar refractivity (Wildman–Crippen MR) is 196 cm³/mol. The van der Waals surface area contributed by atoms with Crippen molar-refractivity contribution in [3.05, 3.63) is 88.2 Å². The third kappa shape index (κ3) is 8.31. The predicted octanol–water partition coefficient (Wildman–Crippen LogP) is 4.44. The minimum Gasteiger partial charge on any atom is -0.465 e. The Morgan fingerprint density at radius 2 is 1.93 bits per heavy atom. The van der Waals surface area contributed by atoms with Crippen LogP contribution in [0.15, 0.2) is 71.9 Å². The highest BCUT2D eigenvalue weighted by Gasteiger charge is 2.30. The standard InChI is InChI=1S/C36H39N7O10S/c44-35(30-3-1-24(23-6-11-41(12-7-23)36(45)46)18-33(30)53-27-17-25-5-10-37-34(25)39-20-27)40-54(49,50)29-2-4-31(32(19-29)43(47)48)38-21-28-22-42(13-16-52-28)26-8-14-51-15-9-26/h1-6,10,17-20,26,28,38H,7-9,11-16,21-22H2,(H,37,39)(H,40,44)(H,45,46). The Morgan fingerprint density at radius 3 is 2.69 bits per heavy atom. The number of anilines is 1. The Bertz CT molecular complexity index is 2200. The lowest BCUT2D eigenvalue weighted by Crippen LogP contribution is -2.51. The number of aromatic nitrogens is 2. The number of aromatic amines is 1. The summed E-state index contributed by atoms with van der Waals surface area (Å²) < 4.78 is 46.7. The summed E-state index contributed by atoms with van der Waals surface area (Å²) >= 11 is 0. The Balaban J connectivity index is 1.09. The molecular formula is C36H39N7O10S. The number of amides is 2. The summed E-state index contributed by atoms with van der Waals surface area (Å²) in [6, 6.07) is 11.9. The zero-order valence-electron chi connectivity index (χ0n) is 29.1. The Labute approximate surface area is 310 Å². The van der Waals surface area contributed by atoms with Gasteiger partial charge in [0.1, 0.15) is 22.8 Å². The molecule has 2 amide bonds. The van der Waals surface area contributed by atoms with E-state index in [4.69, 9.17) is 14.2 Å². The minimum absolute atomic E-state index is 0.0179. The number of carbonyl (C=O) groups is 2. The van der Waals surface area contributed by atoms with E-state index in [1.54, 1.807) is 36.5 Å². The molecule has 7 rings (SSSR count). The first-order valence-electron chi connectivity index (χ1n) is 17.5. The van der Waals surface area contributed by atoms with E-state index in [-0.39, 0.29) is 48.5 Å². The van der Waals surface area contributed by atoms with Gasteiger partial charge in [-0.3, -0.25) is 19.8 Å². The van der Waals surface area contributed by atoms with Gasteiger partial charge < -0.3 is 34.5 Å². The second-order valence-electron chi connectivity index (χ2n) is 13.2. The molecule has 1 unspecified atom stereocenters. The van der Waals surface area contributed by atoms with E-state index >= 15 is 0 Å². The van der Waals surface area contributed by atoms with Gasteiger partial charge in [-0.2, -0.15) is 0 Å². The van der Waals surface area contributed by atoms with Gasteiger partial charge in [-0.05, 0) is 66.8 Å². The number of morpholine rings is 1. The summed E-state index contributed by atoms with van der Waals surface area (Å²) in [5.74, 6) is -0.737. The minimum atomic E-state index is -4.61. The molecule has 0 aliphatic carbocycles. The number of fused-ring (bicyclic) bond motifs is 1. The summed E-state index contributed by atoms with van der Waals surface area (Å²) in [7, 11) is -4.61. The second kappa shape index (κ2) is 15.8. The van der Waals surface area contributed by atoms with Crippen molar-refractivity contribution in [3.63, 3.8) is 0 Å². The van der Waals surface area contributed by atoms with Crippen LogP contribution in [0.3, 0.4) is 0 Å². The van der Waals surface area contributed by atoms with Gasteiger partial charge >= 0.3 is 6.09 Å². The maximum Gasteiger partial charge on any atom is 0.407 e. The number of pyridine rings is 1. The van der Waals surface area contributed by atoms with Crippen LogP contribution < -0.4 is 14.8 Å². The fraction of sp³-hybridized carbons (Fsp3) is 0.361. The normalized spacial score (nSPS) is 18.6. The largest absolute Gasteiger partial charge is 0.465 e. The highest BCUT2D eigenvalue weighted by atomic mass is 32.2. The number of rotatable bonds is 11. The van der Waals surface area contributed by atoms with Crippen LogP contribution in [0.4, 0.5) is 16.2 Å². The third-order valence-corrected chi connectivity index (χ3v) is 11.1. The number of nitro groups is 1. The van der Waals surface area contributed by atoms with Crippen LogP contribution in [-0.4, -0.2) is 115 Å². The first kappa shape index (κ1) is 36.8. The molecule has 5 heterocycles. The Morgan fingerprint density at radius 1 is 1.09 bits per heavy atom. The van der Waals surface area contributed by atoms with Crippen LogP contribution in [0.25, 0.3) is 16.6 Å². The molecule has 2 aromatic heterocycles. The molecule has 0 radical (unpaired) electrons. The van der Waals surface area contributed by atoms with Crippen molar-refractivity contribution >= 4 is 50.0 Å². The van der Waals surface area contributed by atoms with Crippen LogP contribution in [0.1, 0.15) is 35.2 Å². The number of hydrogen-bond acceptors (Lipinski definition) is 12. The van der Waals surface area contributed by atoms with Gasteiger partial charge in [0.15, 0.2) is 0 Å². The number of hydrogen-bond donors (Lipinski definition) is 4. The average molecular weight is 762 g/mol. The van der Waals surface area contributed by atoms with Gasteiger partial charge in [-0.25, -0.2) is 22.9 Å². The molecule has 2 fully saturated rings. The fourth-order valence-electron chi connectivity index (χ4n) is 6.89. The first-order valence-corrected chi connectivity index (χ1v) is 19.0. The molecule has 18 heteroatoms. The highest BCUT2D eigenvalue weighted by Crippen LogP contribution is 2.33. The summed E-state index contributed by atoms with van der Waals surface area (Å²) in [5.41, 5.74) is 1.59. The Kier molecular flexibility index (Phi) is 10.8. The van der Waals surface area contributed by atoms with Gasteiger partial charge in [0.05, 0.1) is 34.3 Å². The van der Waals surface area contributed by atoms with E-state index in [1.165, 1.54) is 29.3 Å². The maximum absolute atomic E-state index is 13.7. The van der Waals surface area contributed by atoms with Crippen molar-refractivity contribution < 1.29 is 42.2 Å². The molecule has 4 N–H and O–H groups in total. The SMILES string of the molecule is O=C(NS(=O)(=O)c1ccc(NCC2CN(C3CCOCC3)CCO2)c([N+](=O)[O-])c1)c1ccc(C2=CCN(C(=O)O)CC2)cc1Oc1cnc2[nH]ccc2c1. The molecule has 0 bridgehead atoms. The summed E-state index contributed by atoms with van der Waals surface area (Å²) in [4.78, 5) is 47.0. The van der Waals surface area contributed by atoms with Crippen molar-refractivity contribution in [1.29, 1.82) is 0 Å². The molecule has 3 aliphatic rings. The fourth-order valence-corrected chi connectivity index (χ4v) is 7.87. The van der Waals surface area contributed by atoms with Gasteiger partial charge in [0.2, 0.25) is 0 Å². The summed E-state index contributed by atoms with van der Waals surface area (Å²) in [6.45, 7) is 4.12. The number of benzene rings is 2. The van der Waals surface area contributed by atoms with Gasteiger partial charge in [-0.1, -0.05) is 12.1 Å². The van der Waals surface area contributed by atoms with Crippen molar-refractivity contribution in [2.75, 3.05) is 57.9 Å². The zero-order chi connectivity index (χ0) is 37.8. The molecule has 1 atom stereocenters. The van der Waals surface area contributed by atoms with Crippen LogP contribution in [0.2, 0.25) is 0 Å². The molecule has 54 heavy (non-hydrogen) atoms. The first-order chi connectivity index (χ1) is 26.0. The van der Waals surface area contributed by atoms with Gasteiger partial charge in [0.25, 0.3) is 21.6 Å². The van der Waals surface area contributed by atoms with Gasteiger partial charge in [0, 0.05) is 69.6 Å². The number of nitrogens with one attached hydrogen (secondary N) is 3. The molecule has 284 valence electrons. The zero-order valence-corrected chi connectivity index (χ0v) is 29.9. The number of carbonyl (C=O) groups excluding carboxylic acids is 1. The van der Waals surface area contributed by atoms with Crippen molar-refractivity contribution in [2.24, 2.45) is 0 Å². The molecule has 2 saturated heterocycles. The summed E-state index contributed by atoms with van der Waals surface area (Å²) in [6.07, 6.45) is 5.95. The van der Waals surface area contributed by atoms with Crippen molar-refractivity contribution in [1.82, 2.24) is 24.5 Å². The average Bonchev–Trinajstić information content (AvgIpc) is 3.65. The molecular weight excluding hydrogens is 723 g/mol. The lowest BCUT2D eigenvalue weighted by molar-refractivity contribution is -0.384. The number of H-pyrrole nitrogens is 1. The quantitative estimate of drug-likeness (QED) is 0.123. The topological polar surface area (TPSA) is 219 Å². The van der Waals surface area contributed by atoms with E-state index < -0.39 is 37.5 Å². The van der Waals surface area contributed by atoms with Gasteiger partial charge in [-0.15, -0.1) is 0 Å². The number of carboxylic acid groups (broad SMARTS) is 1. The maximum atomic E-state index is 13.7. The highest BCUT2D eigenvalue weighted by molar-refractivity contribution is 7.90. The lowest BCUT2D eigenvalue weighted by atomic mass is 9.97. The van der Waals surface area contributed by atoms with Crippen LogP contribution in [0, 0.1) is 10.1 Å². The number of nitrogens with zero attached hydrogens (tertiary/aromatic N) is 4. The molecule has 0 saturated carbocycles. The van der Waals surface area contributed by atoms with Crippen LogP contribution in [-0.2, 0) is 19.5 Å². The Hall–Kier alpha value is -5.56.